The highest BCUT2D eigenvalue weighted by molar-refractivity contribution is 9.10. The van der Waals surface area contributed by atoms with Gasteiger partial charge in [-0.25, -0.2) is 9.69 Å². The van der Waals surface area contributed by atoms with Crippen molar-refractivity contribution in [3.63, 3.8) is 0 Å². The number of aromatic nitrogens is 1. The van der Waals surface area contributed by atoms with Gasteiger partial charge in [-0.15, -0.1) is 11.3 Å². The van der Waals surface area contributed by atoms with Crippen LogP contribution in [0.2, 0.25) is 0 Å². The molecular formula is C29H22BrN3O6S3. The number of benzene rings is 2. The third-order valence-corrected chi connectivity index (χ3v) is 11.1. The van der Waals surface area contributed by atoms with E-state index in [2.05, 4.69) is 21.2 Å². The summed E-state index contributed by atoms with van der Waals surface area (Å²) in [7, 11) is 0. The van der Waals surface area contributed by atoms with Crippen molar-refractivity contribution in [1.29, 1.82) is 0 Å². The number of rotatable bonds is 7. The molecule has 0 spiro atoms. The first-order valence-corrected chi connectivity index (χ1v) is 16.3. The molecule has 6 rings (SSSR count). The fraction of sp³-hybridized carbons (Fsp3) is 0.207. The Morgan fingerprint density at radius 3 is 2.40 bits per heavy atom. The number of thiophene rings is 1. The summed E-state index contributed by atoms with van der Waals surface area (Å²) in [6.07, 6.45) is 0. The molecule has 3 unspecified atom stereocenters. The number of halogens is 1. The average Bonchev–Trinajstić information content (AvgIpc) is 3.67. The van der Waals surface area contributed by atoms with E-state index in [0.717, 1.165) is 20.7 Å². The highest BCUT2D eigenvalue weighted by Gasteiger charge is 2.57. The van der Waals surface area contributed by atoms with E-state index < -0.39 is 29.0 Å². The van der Waals surface area contributed by atoms with E-state index in [9.17, 15) is 24.0 Å². The molecule has 42 heavy (non-hydrogen) atoms. The van der Waals surface area contributed by atoms with Gasteiger partial charge in [-0.1, -0.05) is 45.1 Å². The number of fused-ring (bicyclic) bond motifs is 2. The van der Waals surface area contributed by atoms with E-state index in [1.165, 1.54) is 32.6 Å². The Balaban J connectivity index is 1.30. The Bertz CT molecular complexity index is 1750. The number of esters is 1. The molecule has 4 aromatic rings. The van der Waals surface area contributed by atoms with Crippen LogP contribution in [0.15, 0.2) is 80.3 Å². The van der Waals surface area contributed by atoms with Crippen LogP contribution in [0.3, 0.4) is 0 Å². The number of carbonyl (C=O) groups excluding carboxylic acids is 4. The second-order valence-electron chi connectivity index (χ2n) is 9.52. The van der Waals surface area contributed by atoms with E-state index in [1.807, 2.05) is 17.5 Å². The van der Waals surface area contributed by atoms with Crippen molar-refractivity contribution in [2.75, 3.05) is 16.8 Å². The molecule has 3 amide bonds. The van der Waals surface area contributed by atoms with E-state index >= 15 is 0 Å². The highest BCUT2D eigenvalue weighted by atomic mass is 79.9. The summed E-state index contributed by atoms with van der Waals surface area (Å²) in [6.45, 7) is 1.70. The normalized spacial score (nSPS) is 19.4. The summed E-state index contributed by atoms with van der Waals surface area (Å²) >= 11 is 7.04. The topological polar surface area (TPSA) is 115 Å². The van der Waals surface area contributed by atoms with Gasteiger partial charge in [-0.3, -0.25) is 23.7 Å². The zero-order valence-electron chi connectivity index (χ0n) is 21.9. The number of thiazole rings is 1. The predicted octanol–water partition coefficient (Wildman–Crippen LogP) is 5.35. The smallest absolute Gasteiger partial charge is 0.338 e. The van der Waals surface area contributed by atoms with Crippen molar-refractivity contribution in [2.24, 2.45) is 5.92 Å². The number of hydrogen-bond acceptors (Lipinski definition) is 9. The van der Waals surface area contributed by atoms with Crippen molar-refractivity contribution in [2.45, 2.75) is 29.7 Å². The lowest BCUT2D eigenvalue weighted by Crippen LogP contribution is -2.32. The summed E-state index contributed by atoms with van der Waals surface area (Å²) in [4.78, 5) is 68.3. The molecule has 0 aliphatic carbocycles. The molecule has 2 aliphatic rings. The molecule has 1 saturated heterocycles. The van der Waals surface area contributed by atoms with Crippen LogP contribution >= 0.6 is 50.4 Å². The predicted molar refractivity (Wildman–Crippen MR) is 166 cm³/mol. The zero-order valence-corrected chi connectivity index (χ0v) is 26.0. The molecule has 2 aromatic heterocycles. The minimum absolute atomic E-state index is 0.256. The number of hydrogen-bond donors (Lipinski definition) is 1. The van der Waals surface area contributed by atoms with Gasteiger partial charge in [0.25, 0.3) is 0 Å². The van der Waals surface area contributed by atoms with E-state index in [0.29, 0.717) is 26.8 Å². The lowest BCUT2D eigenvalue weighted by molar-refractivity contribution is -0.122. The quantitative estimate of drug-likeness (QED) is 0.206. The van der Waals surface area contributed by atoms with Crippen molar-refractivity contribution in [3.05, 3.63) is 95.5 Å². The van der Waals surface area contributed by atoms with E-state index in [1.54, 1.807) is 55.5 Å². The lowest BCUT2D eigenvalue weighted by Gasteiger charge is -2.29. The van der Waals surface area contributed by atoms with Gasteiger partial charge < -0.3 is 10.1 Å². The maximum absolute atomic E-state index is 13.8. The molecule has 2 aromatic carbocycles. The minimum atomic E-state index is -0.750. The number of thioether (sulfide) groups is 1. The van der Waals surface area contributed by atoms with Crippen LogP contribution in [-0.4, -0.2) is 40.1 Å². The molecule has 3 atom stereocenters. The third kappa shape index (κ3) is 5.14. The monoisotopic (exact) mass is 683 g/mol. The number of carbonyl (C=O) groups is 4. The summed E-state index contributed by atoms with van der Waals surface area (Å²) in [5.41, 5.74) is 1.30. The average molecular weight is 685 g/mol. The number of nitrogens with zero attached hydrogens (tertiary/aromatic N) is 2. The molecule has 214 valence electrons. The summed E-state index contributed by atoms with van der Waals surface area (Å²) in [5.74, 6) is -2.72. The molecular weight excluding hydrogens is 662 g/mol. The summed E-state index contributed by atoms with van der Waals surface area (Å²) in [5, 5.41) is 4.44. The first kappa shape index (κ1) is 28.6. The van der Waals surface area contributed by atoms with Gasteiger partial charge in [0.1, 0.15) is 11.8 Å². The maximum Gasteiger partial charge on any atom is 0.338 e. The van der Waals surface area contributed by atoms with Crippen LogP contribution in [-0.2, 0) is 25.7 Å². The van der Waals surface area contributed by atoms with Crippen LogP contribution in [0, 0.1) is 5.92 Å². The Kier molecular flexibility index (Phi) is 7.92. The van der Waals surface area contributed by atoms with Gasteiger partial charge in [0, 0.05) is 25.8 Å². The standard InChI is InChI=1S/C29H22BrN3O6S3/c1-2-39-28(37)15-5-9-17(10-6-15)31-20(34)14-32-27-24(42-29(32)38)21(19-4-3-13-40-19)22-23(41-27)26(36)33(25(22)35)18-11-7-16(30)8-12-18/h3-13,21-23H,2,14H2,1H3,(H,31,34). The second kappa shape index (κ2) is 11.6. The van der Waals surface area contributed by atoms with Gasteiger partial charge in [-0.2, -0.15) is 0 Å². The number of ether oxygens (including phenoxy) is 1. The summed E-state index contributed by atoms with van der Waals surface area (Å²) in [6, 6.07) is 17.1. The third-order valence-electron chi connectivity index (χ3n) is 6.97. The number of anilines is 2. The molecule has 1 N–H and O–H groups in total. The van der Waals surface area contributed by atoms with Gasteiger partial charge in [0.15, 0.2) is 0 Å². The largest absolute Gasteiger partial charge is 0.462 e. The van der Waals surface area contributed by atoms with Gasteiger partial charge in [-0.05, 0) is 66.9 Å². The van der Waals surface area contributed by atoms with Crippen molar-refractivity contribution in [1.82, 2.24) is 4.57 Å². The fourth-order valence-corrected chi connectivity index (χ4v) is 9.11. The first-order chi connectivity index (χ1) is 20.3. The SMILES string of the molecule is CCOC(=O)c1ccc(NC(=O)Cn2c3c(sc2=O)C(c2cccs2)C2C(=O)N(c4ccc(Br)cc4)C(=O)C2S3)cc1. The van der Waals surface area contributed by atoms with Gasteiger partial charge >= 0.3 is 10.8 Å². The van der Waals surface area contributed by atoms with E-state index in [4.69, 9.17) is 4.74 Å². The first-order valence-electron chi connectivity index (χ1n) is 12.9. The molecule has 13 heteroatoms. The molecule has 4 heterocycles. The van der Waals surface area contributed by atoms with Crippen LogP contribution in [0.4, 0.5) is 11.4 Å². The highest BCUT2D eigenvalue weighted by Crippen LogP contribution is 2.54. The Morgan fingerprint density at radius 1 is 1.00 bits per heavy atom. The minimum Gasteiger partial charge on any atom is -0.462 e. The zero-order chi connectivity index (χ0) is 29.5. The Labute approximate surface area is 260 Å². The Hall–Kier alpha value is -3.52. The van der Waals surface area contributed by atoms with Crippen LogP contribution in [0.5, 0.6) is 0 Å². The maximum atomic E-state index is 13.8. The molecule has 9 nitrogen and oxygen atoms in total. The Morgan fingerprint density at radius 2 is 1.74 bits per heavy atom. The number of nitrogens with one attached hydrogen (secondary N) is 1. The van der Waals surface area contributed by atoms with Crippen molar-refractivity contribution in [3.8, 4) is 0 Å². The van der Waals surface area contributed by atoms with Crippen molar-refractivity contribution >= 4 is 85.4 Å². The molecule has 0 radical (unpaired) electrons. The lowest BCUT2D eigenvalue weighted by atomic mass is 9.87. The molecule has 2 aliphatic heterocycles. The number of amides is 3. The van der Waals surface area contributed by atoms with Crippen LogP contribution in [0.25, 0.3) is 0 Å². The molecule has 1 fully saturated rings. The molecule has 0 bridgehead atoms. The van der Waals surface area contributed by atoms with Crippen molar-refractivity contribution < 1.29 is 23.9 Å². The second-order valence-corrected chi connectivity index (χ2v) is 13.5. The molecule has 0 saturated carbocycles. The fourth-order valence-electron chi connectivity index (χ4n) is 5.12. The summed E-state index contributed by atoms with van der Waals surface area (Å²) < 4.78 is 7.19. The van der Waals surface area contributed by atoms with Gasteiger partial charge in [0.05, 0.1) is 28.8 Å². The van der Waals surface area contributed by atoms with Crippen LogP contribution < -0.4 is 15.1 Å². The number of imide groups is 1. The van der Waals surface area contributed by atoms with E-state index in [-0.39, 0.29) is 29.8 Å². The van der Waals surface area contributed by atoms with Gasteiger partial charge in [0.2, 0.25) is 17.7 Å². The van der Waals surface area contributed by atoms with Crippen LogP contribution in [0.1, 0.15) is 33.0 Å².